The number of Topliss-reactive ketones (excluding diaryl/α,β-unsaturated/α-hetero) is 1. The third-order valence-corrected chi connectivity index (χ3v) is 9.99. The van der Waals surface area contributed by atoms with Crippen LogP contribution in [0.1, 0.15) is 68.2 Å². The van der Waals surface area contributed by atoms with Crippen LogP contribution in [0.4, 0.5) is 0 Å². The highest BCUT2D eigenvalue weighted by Gasteiger charge is 2.32. The van der Waals surface area contributed by atoms with Gasteiger partial charge in [-0.2, -0.15) is 10.5 Å². The van der Waals surface area contributed by atoms with Crippen molar-refractivity contribution in [2.75, 3.05) is 13.2 Å². The molecule has 6 aromatic carbocycles. The minimum absolute atomic E-state index is 0.197. The van der Waals surface area contributed by atoms with Gasteiger partial charge in [0.1, 0.15) is 23.1 Å². The highest BCUT2D eigenvalue weighted by Crippen LogP contribution is 2.44. The molecule has 2 N–H and O–H groups in total. The molecule has 1 atom stereocenters. The first kappa shape index (κ1) is 37.3. The largest absolute Gasteiger partial charge is 0.494 e. The molecule has 0 radical (unpaired) electrons. The number of ether oxygens (including phenoxy) is 2. The van der Waals surface area contributed by atoms with Crippen molar-refractivity contribution in [3.63, 3.8) is 0 Å². The molecule has 2 aliphatic rings. The smallest absolute Gasteiger partial charge is 0.204 e. The number of nitrogens with two attached hydrogens (primary N) is 1. The molecule has 2 aliphatic carbocycles. The van der Waals surface area contributed by atoms with E-state index in [2.05, 4.69) is 48.5 Å². The lowest BCUT2D eigenvalue weighted by Crippen LogP contribution is -2.09. The summed E-state index contributed by atoms with van der Waals surface area (Å²) in [7, 11) is 0. The Balaban J connectivity index is 0.000000172. The molecule has 0 fully saturated rings. The van der Waals surface area contributed by atoms with Crippen molar-refractivity contribution >= 4 is 16.9 Å². The van der Waals surface area contributed by atoms with Crippen molar-refractivity contribution in [3.05, 3.63) is 213 Å². The maximum absolute atomic E-state index is 12.7. The SMILES string of the molecule is N#CC1=C(c2ccccc2)c2ccc(OCCCc3ccccc3)cc2C1=O.N#CC1=C(c2ccccc2)c2ccc(OCCCc3ccccc3)cc2C1N. The van der Waals surface area contributed by atoms with Gasteiger partial charge in [0.2, 0.25) is 5.78 Å². The molecule has 56 heavy (non-hydrogen) atoms. The van der Waals surface area contributed by atoms with Crippen LogP contribution >= 0.6 is 0 Å². The van der Waals surface area contributed by atoms with Gasteiger partial charge in [-0.25, -0.2) is 0 Å². The second-order valence-electron chi connectivity index (χ2n) is 13.6. The van der Waals surface area contributed by atoms with E-state index in [-0.39, 0.29) is 11.4 Å². The number of benzene rings is 6. The fraction of sp³-hybridized carbons (Fsp3) is 0.140. The summed E-state index contributed by atoms with van der Waals surface area (Å²) < 4.78 is 11.8. The zero-order valence-electron chi connectivity index (χ0n) is 31.0. The van der Waals surface area contributed by atoms with E-state index in [0.29, 0.717) is 35.7 Å². The zero-order valence-corrected chi connectivity index (χ0v) is 31.0. The Morgan fingerprint density at radius 2 is 1.02 bits per heavy atom. The summed E-state index contributed by atoms with van der Waals surface area (Å²) in [6.07, 6.45) is 3.78. The average molecular weight is 732 g/mol. The van der Waals surface area contributed by atoms with Crippen LogP contribution in [-0.2, 0) is 12.8 Å². The van der Waals surface area contributed by atoms with E-state index in [1.807, 2.05) is 115 Å². The van der Waals surface area contributed by atoms with Gasteiger partial charge in [-0.3, -0.25) is 4.79 Å². The van der Waals surface area contributed by atoms with Gasteiger partial charge in [-0.05, 0) is 95.0 Å². The lowest BCUT2D eigenvalue weighted by molar-refractivity contribution is 0.104. The molecule has 0 heterocycles. The highest BCUT2D eigenvalue weighted by molar-refractivity contribution is 6.25. The predicted octanol–water partition coefficient (Wildman–Crippen LogP) is 10.3. The molecule has 274 valence electrons. The molecule has 1 unspecified atom stereocenters. The molecule has 6 heteroatoms. The van der Waals surface area contributed by atoms with E-state index in [9.17, 15) is 15.3 Å². The quantitative estimate of drug-likeness (QED) is 0.126. The van der Waals surface area contributed by atoms with Gasteiger partial charge in [0.05, 0.1) is 30.9 Å². The van der Waals surface area contributed by atoms with E-state index >= 15 is 0 Å². The van der Waals surface area contributed by atoms with E-state index in [1.165, 1.54) is 11.1 Å². The van der Waals surface area contributed by atoms with Crippen LogP contribution < -0.4 is 15.2 Å². The van der Waals surface area contributed by atoms with Gasteiger partial charge in [0, 0.05) is 16.7 Å². The third-order valence-electron chi connectivity index (χ3n) is 9.99. The summed E-state index contributed by atoms with van der Waals surface area (Å²) in [5.74, 6) is 1.23. The Hall–Kier alpha value is -6.99. The Morgan fingerprint density at radius 1 is 0.536 bits per heavy atom. The molecule has 0 amide bonds. The first-order valence-corrected chi connectivity index (χ1v) is 18.9. The van der Waals surface area contributed by atoms with Crippen molar-refractivity contribution in [1.29, 1.82) is 10.5 Å². The number of allylic oxidation sites excluding steroid dienone is 1. The summed E-state index contributed by atoms with van der Waals surface area (Å²) in [5.41, 5.74) is 16.6. The number of hydrogen-bond acceptors (Lipinski definition) is 6. The van der Waals surface area contributed by atoms with Gasteiger partial charge in [-0.1, -0.05) is 127 Å². The lowest BCUT2D eigenvalue weighted by atomic mass is 9.98. The Morgan fingerprint density at radius 3 is 1.54 bits per heavy atom. The first-order valence-electron chi connectivity index (χ1n) is 18.9. The van der Waals surface area contributed by atoms with E-state index < -0.39 is 6.04 Å². The Labute approximate surface area is 328 Å². The standard InChI is InChI=1S/C25H22N2O.C25H19NO2/c2*26-17-23-24(19-11-5-2-6-12-19)21-14-13-20(16-22(21)25(23)27)28-15-7-10-18-8-3-1-4-9-18/h1-6,8-9,11-14,16,25H,7,10,15,27H2;1-6,8-9,11-14,16H,7,10,15H2. The maximum Gasteiger partial charge on any atom is 0.204 e. The van der Waals surface area contributed by atoms with Crippen molar-refractivity contribution < 1.29 is 14.3 Å². The summed E-state index contributed by atoms with van der Waals surface area (Å²) in [5, 5.41) is 19.2. The van der Waals surface area contributed by atoms with Crippen LogP contribution in [0.5, 0.6) is 11.5 Å². The number of fused-ring (bicyclic) bond motifs is 2. The van der Waals surface area contributed by atoms with Crippen molar-refractivity contribution in [1.82, 2.24) is 0 Å². The molecule has 0 saturated carbocycles. The number of rotatable bonds is 12. The van der Waals surface area contributed by atoms with Gasteiger partial charge in [0.15, 0.2) is 0 Å². The number of nitriles is 2. The number of hydrogen-bond donors (Lipinski definition) is 1. The van der Waals surface area contributed by atoms with Crippen molar-refractivity contribution in [2.24, 2.45) is 5.73 Å². The van der Waals surface area contributed by atoms with Crippen LogP contribution in [0.2, 0.25) is 0 Å². The van der Waals surface area contributed by atoms with Gasteiger partial charge in [-0.15, -0.1) is 0 Å². The maximum atomic E-state index is 12.7. The molecular weight excluding hydrogens is 691 g/mol. The van der Waals surface area contributed by atoms with E-state index in [4.69, 9.17) is 15.2 Å². The molecule has 8 rings (SSSR count). The zero-order chi connectivity index (χ0) is 38.7. The summed E-state index contributed by atoms with van der Waals surface area (Å²) in [4.78, 5) is 12.7. The molecule has 0 saturated heterocycles. The molecule has 0 spiro atoms. The van der Waals surface area contributed by atoms with Crippen LogP contribution in [0.25, 0.3) is 11.1 Å². The van der Waals surface area contributed by atoms with E-state index in [0.717, 1.165) is 64.8 Å². The minimum Gasteiger partial charge on any atom is -0.494 e. The number of carbonyl (C=O) groups is 1. The number of nitrogens with zero attached hydrogens (tertiary/aromatic N) is 2. The van der Waals surface area contributed by atoms with Crippen LogP contribution in [0.15, 0.2) is 169 Å². The lowest BCUT2D eigenvalue weighted by Gasteiger charge is -2.11. The van der Waals surface area contributed by atoms with E-state index in [1.54, 1.807) is 6.07 Å². The molecular formula is C50H41N3O3. The Kier molecular flexibility index (Phi) is 11.9. The van der Waals surface area contributed by atoms with Crippen LogP contribution in [-0.4, -0.2) is 19.0 Å². The average Bonchev–Trinajstić information content (AvgIpc) is 3.71. The fourth-order valence-corrected chi connectivity index (χ4v) is 7.25. The topological polar surface area (TPSA) is 109 Å². The molecule has 0 aromatic heterocycles. The first-order chi connectivity index (χ1) is 27.6. The van der Waals surface area contributed by atoms with Gasteiger partial charge in [0.25, 0.3) is 0 Å². The fourth-order valence-electron chi connectivity index (χ4n) is 7.25. The molecule has 0 bridgehead atoms. The number of ketones is 1. The predicted molar refractivity (Wildman–Crippen MR) is 221 cm³/mol. The molecule has 6 aromatic rings. The second-order valence-corrected chi connectivity index (χ2v) is 13.6. The summed E-state index contributed by atoms with van der Waals surface area (Å²) in [6.45, 7) is 1.22. The van der Waals surface area contributed by atoms with Crippen molar-refractivity contribution in [2.45, 2.75) is 31.7 Å². The number of carbonyl (C=O) groups excluding carboxylic acids is 1. The van der Waals surface area contributed by atoms with Crippen LogP contribution in [0, 0.1) is 22.7 Å². The number of aryl methyl sites for hydroxylation is 2. The molecule has 6 nitrogen and oxygen atoms in total. The highest BCUT2D eigenvalue weighted by atomic mass is 16.5. The second kappa shape index (κ2) is 17.9. The third kappa shape index (κ3) is 8.37. The van der Waals surface area contributed by atoms with Gasteiger partial charge < -0.3 is 15.2 Å². The minimum atomic E-state index is -0.414. The Bertz CT molecular complexity index is 2460. The molecule has 0 aliphatic heterocycles. The summed E-state index contributed by atoms with van der Waals surface area (Å²) in [6, 6.07) is 55.7. The normalized spacial score (nSPS) is 13.9. The van der Waals surface area contributed by atoms with Crippen molar-refractivity contribution in [3.8, 4) is 23.6 Å². The summed E-state index contributed by atoms with van der Waals surface area (Å²) >= 11 is 0. The monoisotopic (exact) mass is 731 g/mol. The van der Waals surface area contributed by atoms with Crippen LogP contribution in [0.3, 0.4) is 0 Å². The van der Waals surface area contributed by atoms with Gasteiger partial charge >= 0.3 is 0 Å².